The number of hydrogen-bond donors (Lipinski definition) is 1. The van der Waals surface area contributed by atoms with Crippen molar-refractivity contribution in [1.29, 1.82) is 0 Å². The van der Waals surface area contributed by atoms with Crippen LogP contribution in [-0.2, 0) is 7.05 Å². The average molecular weight is 339 g/mol. The van der Waals surface area contributed by atoms with Crippen molar-refractivity contribution in [2.75, 3.05) is 11.9 Å². The lowest BCUT2D eigenvalue weighted by Crippen LogP contribution is -2.14. The molecule has 0 atom stereocenters. The second-order valence-electron chi connectivity index (χ2n) is 5.10. The van der Waals surface area contributed by atoms with E-state index in [0.29, 0.717) is 16.9 Å². The molecule has 0 spiro atoms. The van der Waals surface area contributed by atoms with Crippen LogP contribution in [0.25, 0.3) is 0 Å². The predicted octanol–water partition coefficient (Wildman–Crippen LogP) is 3.29. The SMILES string of the molecule is CCOc1cc(NC(=O)c2c(C)nn(C)c2C)ccc1OC(F)F. The second kappa shape index (κ2) is 7.29. The largest absolute Gasteiger partial charge is 0.490 e. The van der Waals surface area contributed by atoms with Gasteiger partial charge >= 0.3 is 6.61 Å². The number of benzene rings is 1. The number of alkyl halides is 2. The molecule has 0 saturated heterocycles. The topological polar surface area (TPSA) is 65.4 Å². The molecular weight excluding hydrogens is 320 g/mol. The maximum Gasteiger partial charge on any atom is 0.387 e. The molecule has 1 N–H and O–H groups in total. The molecule has 0 saturated carbocycles. The number of ether oxygens (including phenoxy) is 2. The molecule has 0 aliphatic heterocycles. The number of anilines is 1. The van der Waals surface area contributed by atoms with Crippen LogP contribution in [0.2, 0.25) is 0 Å². The highest BCUT2D eigenvalue weighted by Crippen LogP contribution is 2.32. The Labute approximate surface area is 138 Å². The number of amides is 1. The number of carbonyl (C=O) groups is 1. The van der Waals surface area contributed by atoms with E-state index < -0.39 is 6.61 Å². The summed E-state index contributed by atoms with van der Waals surface area (Å²) in [5.74, 6) is -0.281. The normalized spacial score (nSPS) is 10.8. The smallest absolute Gasteiger partial charge is 0.387 e. The van der Waals surface area contributed by atoms with Crippen LogP contribution >= 0.6 is 0 Å². The summed E-state index contributed by atoms with van der Waals surface area (Å²) >= 11 is 0. The molecule has 2 aromatic rings. The fourth-order valence-corrected chi connectivity index (χ4v) is 2.34. The summed E-state index contributed by atoms with van der Waals surface area (Å²) in [6, 6.07) is 4.25. The zero-order chi connectivity index (χ0) is 17.9. The van der Waals surface area contributed by atoms with E-state index in [9.17, 15) is 13.6 Å². The van der Waals surface area contributed by atoms with Crippen molar-refractivity contribution in [3.63, 3.8) is 0 Å². The van der Waals surface area contributed by atoms with Gasteiger partial charge in [-0.2, -0.15) is 13.9 Å². The summed E-state index contributed by atoms with van der Waals surface area (Å²) in [4.78, 5) is 12.4. The molecule has 2 rings (SSSR count). The Kier molecular flexibility index (Phi) is 5.38. The molecule has 6 nitrogen and oxygen atoms in total. The van der Waals surface area contributed by atoms with Gasteiger partial charge in [0.05, 0.1) is 17.9 Å². The number of halogens is 2. The van der Waals surface area contributed by atoms with E-state index in [0.717, 1.165) is 5.69 Å². The lowest BCUT2D eigenvalue weighted by molar-refractivity contribution is -0.0514. The zero-order valence-corrected chi connectivity index (χ0v) is 13.9. The Bertz CT molecular complexity index is 744. The minimum Gasteiger partial charge on any atom is -0.490 e. The third-order valence-corrected chi connectivity index (χ3v) is 3.45. The molecule has 0 aliphatic carbocycles. The molecule has 130 valence electrons. The van der Waals surface area contributed by atoms with Crippen LogP contribution in [-0.4, -0.2) is 28.9 Å². The van der Waals surface area contributed by atoms with Crippen molar-refractivity contribution in [3.05, 3.63) is 35.2 Å². The first kappa shape index (κ1) is 17.7. The van der Waals surface area contributed by atoms with Gasteiger partial charge in [0.2, 0.25) is 0 Å². The molecule has 24 heavy (non-hydrogen) atoms. The number of aromatic nitrogens is 2. The van der Waals surface area contributed by atoms with Gasteiger partial charge in [0.25, 0.3) is 5.91 Å². The molecule has 0 bridgehead atoms. The summed E-state index contributed by atoms with van der Waals surface area (Å²) in [5, 5.41) is 6.91. The lowest BCUT2D eigenvalue weighted by atomic mass is 10.1. The van der Waals surface area contributed by atoms with E-state index in [2.05, 4.69) is 15.2 Å². The highest BCUT2D eigenvalue weighted by molar-refractivity contribution is 6.06. The van der Waals surface area contributed by atoms with Crippen molar-refractivity contribution in [1.82, 2.24) is 9.78 Å². The molecule has 0 unspecified atom stereocenters. The van der Waals surface area contributed by atoms with Gasteiger partial charge in [0, 0.05) is 24.5 Å². The van der Waals surface area contributed by atoms with Crippen molar-refractivity contribution in [3.8, 4) is 11.5 Å². The highest BCUT2D eigenvalue weighted by Gasteiger charge is 2.18. The summed E-state index contributed by atoms with van der Waals surface area (Å²) in [5.41, 5.74) is 2.22. The molecular formula is C16H19F2N3O3. The summed E-state index contributed by atoms with van der Waals surface area (Å²) in [6.45, 7) is 2.58. The Hall–Kier alpha value is -2.64. The van der Waals surface area contributed by atoms with Crippen molar-refractivity contribution >= 4 is 11.6 Å². The van der Waals surface area contributed by atoms with Crippen LogP contribution in [0.4, 0.5) is 14.5 Å². The number of nitrogens with zero attached hydrogens (tertiary/aromatic N) is 2. The van der Waals surface area contributed by atoms with E-state index in [4.69, 9.17) is 4.74 Å². The van der Waals surface area contributed by atoms with Gasteiger partial charge in [-0.3, -0.25) is 9.48 Å². The van der Waals surface area contributed by atoms with Gasteiger partial charge < -0.3 is 14.8 Å². The van der Waals surface area contributed by atoms with Crippen LogP contribution in [0.3, 0.4) is 0 Å². The van der Waals surface area contributed by atoms with Gasteiger partial charge in [0.1, 0.15) is 0 Å². The number of rotatable bonds is 6. The van der Waals surface area contributed by atoms with E-state index >= 15 is 0 Å². The summed E-state index contributed by atoms with van der Waals surface area (Å²) < 4.78 is 36.1. The van der Waals surface area contributed by atoms with Crippen LogP contribution < -0.4 is 14.8 Å². The standard InChI is InChI=1S/C16H19F2N3O3/c1-5-23-13-8-11(6-7-12(13)24-16(17)18)19-15(22)14-9(2)20-21(4)10(14)3/h6-8,16H,5H2,1-4H3,(H,19,22). The second-order valence-corrected chi connectivity index (χ2v) is 5.10. The lowest BCUT2D eigenvalue weighted by Gasteiger charge is -2.13. The molecule has 8 heteroatoms. The maximum absolute atomic E-state index is 12.4. The van der Waals surface area contributed by atoms with Gasteiger partial charge in [-0.15, -0.1) is 0 Å². The fraction of sp³-hybridized carbons (Fsp3) is 0.375. The molecule has 1 amide bonds. The van der Waals surface area contributed by atoms with E-state index in [1.807, 2.05) is 0 Å². The fourth-order valence-electron chi connectivity index (χ4n) is 2.34. The van der Waals surface area contributed by atoms with Crippen LogP contribution in [0, 0.1) is 13.8 Å². The maximum atomic E-state index is 12.4. The number of aryl methyl sites for hydroxylation is 2. The summed E-state index contributed by atoms with van der Waals surface area (Å²) in [7, 11) is 1.75. The minimum absolute atomic E-state index is 0.0846. The van der Waals surface area contributed by atoms with Crippen LogP contribution in [0.1, 0.15) is 28.7 Å². The molecule has 1 heterocycles. The quantitative estimate of drug-likeness (QED) is 0.877. The van der Waals surface area contributed by atoms with Crippen molar-refractivity contribution in [2.24, 2.45) is 7.05 Å². The number of carbonyl (C=O) groups excluding carboxylic acids is 1. The molecule has 0 radical (unpaired) electrons. The third-order valence-electron chi connectivity index (χ3n) is 3.45. The Morgan fingerprint density at radius 1 is 1.33 bits per heavy atom. The minimum atomic E-state index is -2.95. The molecule has 0 fully saturated rings. The van der Waals surface area contributed by atoms with Crippen molar-refractivity contribution < 1.29 is 23.0 Å². The molecule has 1 aromatic carbocycles. The first-order valence-corrected chi connectivity index (χ1v) is 7.36. The third kappa shape index (κ3) is 3.81. The first-order valence-electron chi connectivity index (χ1n) is 7.36. The molecule has 1 aromatic heterocycles. The Morgan fingerprint density at radius 2 is 2.04 bits per heavy atom. The van der Waals surface area contributed by atoms with E-state index in [1.54, 1.807) is 32.5 Å². The van der Waals surface area contributed by atoms with E-state index in [1.165, 1.54) is 18.2 Å². The van der Waals surface area contributed by atoms with Gasteiger partial charge in [-0.25, -0.2) is 0 Å². The average Bonchev–Trinajstić information content (AvgIpc) is 2.74. The predicted molar refractivity (Wildman–Crippen MR) is 84.9 cm³/mol. The van der Waals surface area contributed by atoms with Gasteiger partial charge in [-0.1, -0.05) is 0 Å². The number of nitrogens with one attached hydrogen (secondary N) is 1. The number of hydrogen-bond acceptors (Lipinski definition) is 4. The van der Waals surface area contributed by atoms with Gasteiger partial charge in [0.15, 0.2) is 11.5 Å². The highest BCUT2D eigenvalue weighted by atomic mass is 19.3. The van der Waals surface area contributed by atoms with E-state index in [-0.39, 0.29) is 24.0 Å². The monoisotopic (exact) mass is 339 g/mol. The first-order chi connectivity index (χ1) is 11.3. The van der Waals surface area contributed by atoms with Crippen LogP contribution in [0.15, 0.2) is 18.2 Å². The summed E-state index contributed by atoms with van der Waals surface area (Å²) in [6.07, 6.45) is 0. The Morgan fingerprint density at radius 3 is 2.58 bits per heavy atom. The van der Waals surface area contributed by atoms with Crippen LogP contribution in [0.5, 0.6) is 11.5 Å². The zero-order valence-electron chi connectivity index (χ0n) is 13.9. The van der Waals surface area contributed by atoms with Gasteiger partial charge in [-0.05, 0) is 32.9 Å². The Balaban J connectivity index is 2.26. The molecule has 0 aliphatic rings. The van der Waals surface area contributed by atoms with Crippen molar-refractivity contribution in [2.45, 2.75) is 27.4 Å².